The van der Waals surface area contributed by atoms with Crippen molar-refractivity contribution in [1.82, 2.24) is 10.3 Å². The molecule has 1 N–H and O–H groups in total. The summed E-state index contributed by atoms with van der Waals surface area (Å²) in [6, 6.07) is 11.1. The molecule has 166 valence electrons. The zero-order valence-electron chi connectivity index (χ0n) is 18.4. The molecule has 0 fully saturated rings. The number of fused-ring (bicyclic) bond motifs is 2. The van der Waals surface area contributed by atoms with Gasteiger partial charge in [-0.1, -0.05) is 25.1 Å². The van der Waals surface area contributed by atoms with E-state index in [4.69, 9.17) is 9.72 Å². The third-order valence-corrected chi connectivity index (χ3v) is 6.88. The molecule has 1 aliphatic carbocycles. The van der Waals surface area contributed by atoms with E-state index in [0.29, 0.717) is 22.9 Å². The molecule has 3 aromatic rings. The van der Waals surface area contributed by atoms with Gasteiger partial charge in [0.05, 0.1) is 22.5 Å². The predicted molar refractivity (Wildman–Crippen MR) is 124 cm³/mol. The zero-order chi connectivity index (χ0) is 22.8. The number of para-hydroxylation sites is 1. The van der Waals surface area contributed by atoms with Crippen LogP contribution < -0.4 is 5.32 Å². The molecule has 2 heterocycles. The highest BCUT2D eigenvalue weighted by Gasteiger charge is 2.29. The minimum atomic E-state index is -0.918. The highest BCUT2D eigenvalue weighted by molar-refractivity contribution is 7.14. The van der Waals surface area contributed by atoms with Crippen LogP contribution in [0.1, 0.15) is 63.4 Å². The summed E-state index contributed by atoms with van der Waals surface area (Å²) in [7, 11) is 0. The van der Waals surface area contributed by atoms with E-state index in [2.05, 4.69) is 12.2 Å². The Labute approximate surface area is 191 Å². The molecule has 32 heavy (non-hydrogen) atoms. The van der Waals surface area contributed by atoms with Gasteiger partial charge in [0.15, 0.2) is 6.10 Å². The molecule has 0 aliphatic heterocycles. The maximum Gasteiger partial charge on any atom is 0.339 e. The number of ketones is 1. The van der Waals surface area contributed by atoms with E-state index in [-0.39, 0.29) is 11.7 Å². The Balaban J connectivity index is 1.58. The van der Waals surface area contributed by atoms with Gasteiger partial charge in [-0.2, -0.15) is 0 Å². The molecule has 1 amide bonds. The van der Waals surface area contributed by atoms with Crippen LogP contribution in [-0.2, 0) is 28.9 Å². The van der Waals surface area contributed by atoms with Crippen molar-refractivity contribution in [2.75, 3.05) is 0 Å². The second-order valence-electron chi connectivity index (χ2n) is 8.36. The van der Waals surface area contributed by atoms with Crippen LogP contribution in [0.2, 0.25) is 0 Å². The van der Waals surface area contributed by atoms with Crippen molar-refractivity contribution in [2.24, 2.45) is 5.92 Å². The summed E-state index contributed by atoms with van der Waals surface area (Å²) in [6.45, 7) is 5.60. The third-order valence-electron chi connectivity index (χ3n) is 5.78. The topological polar surface area (TPSA) is 85.4 Å². The van der Waals surface area contributed by atoms with Gasteiger partial charge < -0.3 is 10.1 Å². The molecule has 1 aliphatic rings. The van der Waals surface area contributed by atoms with Crippen LogP contribution in [0.5, 0.6) is 0 Å². The summed E-state index contributed by atoms with van der Waals surface area (Å²) in [5.41, 5.74) is 3.20. The van der Waals surface area contributed by atoms with Crippen molar-refractivity contribution in [3.8, 4) is 0 Å². The molecule has 1 aromatic carbocycles. The Kier molecular flexibility index (Phi) is 6.37. The van der Waals surface area contributed by atoms with Crippen LogP contribution in [0.3, 0.4) is 0 Å². The lowest BCUT2D eigenvalue weighted by molar-refractivity contribution is -0.119. The van der Waals surface area contributed by atoms with Crippen LogP contribution in [0.4, 0.5) is 0 Å². The van der Waals surface area contributed by atoms with Gasteiger partial charge in [-0.25, -0.2) is 4.79 Å². The summed E-state index contributed by atoms with van der Waals surface area (Å²) in [4.78, 5) is 43.5. The number of thiophene rings is 1. The molecule has 2 atom stereocenters. The SMILES string of the molecule is CC(=O)NCc1ccc(C(=O)C(C)OC(=O)c2c3c(nc4ccccc24)CCC(C)C3)s1. The number of hydrogen-bond donors (Lipinski definition) is 1. The molecule has 0 bridgehead atoms. The average Bonchev–Trinajstić information content (AvgIpc) is 3.24. The van der Waals surface area contributed by atoms with Gasteiger partial charge in [-0.15, -0.1) is 11.3 Å². The Morgan fingerprint density at radius 1 is 1.22 bits per heavy atom. The highest BCUT2D eigenvalue weighted by Crippen LogP contribution is 2.32. The van der Waals surface area contributed by atoms with Crippen LogP contribution >= 0.6 is 11.3 Å². The van der Waals surface area contributed by atoms with Crippen LogP contribution in [0.25, 0.3) is 10.9 Å². The number of Topliss-reactive ketones (excluding diaryl/α,β-unsaturated/α-hetero) is 1. The summed E-state index contributed by atoms with van der Waals surface area (Å²) in [5, 5.41) is 3.48. The lowest BCUT2D eigenvalue weighted by atomic mass is 9.84. The standard InChI is InChI=1S/C25H26N2O4S/c1-14-8-10-21-19(12-14)23(18-6-4-5-7-20(18)27-21)25(30)31-15(2)24(29)22-11-9-17(32-22)13-26-16(3)28/h4-7,9,11,14-15H,8,10,12-13H2,1-3H3,(H,26,28). The quantitative estimate of drug-likeness (QED) is 0.442. The van der Waals surface area contributed by atoms with Crippen LogP contribution in [-0.4, -0.2) is 28.7 Å². The maximum absolute atomic E-state index is 13.3. The van der Waals surface area contributed by atoms with Crippen LogP contribution in [0.15, 0.2) is 36.4 Å². The monoisotopic (exact) mass is 450 g/mol. The van der Waals surface area contributed by atoms with Crippen molar-refractivity contribution in [3.63, 3.8) is 0 Å². The van der Waals surface area contributed by atoms with Gasteiger partial charge in [0.1, 0.15) is 0 Å². The van der Waals surface area contributed by atoms with E-state index in [0.717, 1.165) is 46.3 Å². The number of carbonyl (C=O) groups excluding carboxylic acids is 3. The van der Waals surface area contributed by atoms with E-state index >= 15 is 0 Å². The van der Waals surface area contributed by atoms with Gasteiger partial charge in [0.25, 0.3) is 0 Å². The lowest BCUT2D eigenvalue weighted by Crippen LogP contribution is -2.26. The Morgan fingerprint density at radius 3 is 2.78 bits per heavy atom. The number of carbonyl (C=O) groups is 3. The summed E-state index contributed by atoms with van der Waals surface area (Å²) in [6.07, 6.45) is 1.74. The first-order valence-corrected chi connectivity index (χ1v) is 11.6. The molecule has 2 aromatic heterocycles. The molecule has 6 nitrogen and oxygen atoms in total. The van der Waals surface area contributed by atoms with Gasteiger partial charge in [-0.3, -0.25) is 14.6 Å². The molecule has 0 saturated carbocycles. The van der Waals surface area contributed by atoms with Gasteiger partial charge >= 0.3 is 5.97 Å². The smallest absolute Gasteiger partial charge is 0.339 e. The Morgan fingerprint density at radius 2 is 2.00 bits per heavy atom. The fourth-order valence-corrected chi connectivity index (χ4v) is 5.05. The average molecular weight is 451 g/mol. The molecular formula is C25H26N2O4S. The number of amides is 1. The molecule has 4 rings (SSSR count). The number of rotatable bonds is 6. The molecule has 0 spiro atoms. The van der Waals surface area contributed by atoms with Crippen molar-refractivity contribution in [1.29, 1.82) is 0 Å². The van der Waals surface area contributed by atoms with E-state index in [1.54, 1.807) is 19.1 Å². The zero-order valence-corrected chi connectivity index (χ0v) is 19.3. The van der Waals surface area contributed by atoms with Gasteiger partial charge in [-0.05, 0) is 55.9 Å². The van der Waals surface area contributed by atoms with E-state index < -0.39 is 12.1 Å². The summed E-state index contributed by atoms with van der Waals surface area (Å²) in [5.74, 6) is -0.400. The second kappa shape index (κ2) is 9.20. The first kappa shape index (κ1) is 22.1. The molecule has 0 saturated heterocycles. The lowest BCUT2D eigenvalue weighted by Gasteiger charge is -2.24. The normalized spacial score (nSPS) is 16.3. The Bertz CT molecular complexity index is 1200. The van der Waals surface area contributed by atoms with Crippen molar-refractivity contribution >= 4 is 39.9 Å². The molecule has 0 radical (unpaired) electrons. The van der Waals surface area contributed by atoms with Crippen molar-refractivity contribution in [3.05, 3.63) is 63.0 Å². The highest BCUT2D eigenvalue weighted by atomic mass is 32.1. The summed E-state index contributed by atoms with van der Waals surface area (Å²) >= 11 is 1.29. The van der Waals surface area contributed by atoms with E-state index in [1.807, 2.05) is 24.3 Å². The number of esters is 1. The number of ether oxygens (including phenoxy) is 1. The second-order valence-corrected chi connectivity index (χ2v) is 9.53. The first-order valence-electron chi connectivity index (χ1n) is 10.8. The third kappa shape index (κ3) is 4.58. The molecule has 7 heteroatoms. The maximum atomic E-state index is 13.3. The fourth-order valence-electron chi connectivity index (χ4n) is 4.09. The molecular weight excluding hydrogens is 424 g/mol. The molecule has 2 unspecified atom stereocenters. The largest absolute Gasteiger partial charge is 0.451 e. The number of aryl methyl sites for hydroxylation is 1. The number of nitrogens with one attached hydrogen (secondary N) is 1. The number of nitrogens with zero attached hydrogens (tertiary/aromatic N) is 1. The Hall–Kier alpha value is -3.06. The minimum Gasteiger partial charge on any atom is -0.451 e. The van der Waals surface area contributed by atoms with Gasteiger partial charge in [0, 0.05) is 22.9 Å². The fraction of sp³-hybridized carbons (Fsp3) is 0.360. The minimum absolute atomic E-state index is 0.129. The summed E-state index contributed by atoms with van der Waals surface area (Å²) < 4.78 is 5.69. The first-order chi connectivity index (χ1) is 15.3. The van der Waals surface area contributed by atoms with Crippen molar-refractivity contribution in [2.45, 2.75) is 52.7 Å². The van der Waals surface area contributed by atoms with Crippen LogP contribution in [0, 0.1) is 5.92 Å². The number of hydrogen-bond acceptors (Lipinski definition) is 6. The predicted octanol–water partition coefficient (Wildman–Crippen LogP) is 4.49. The number of benzene rings is 1. The van der Waals surface area contributed by atoms with Crippen molar-refractivity contribution < 1.29 is 19.1 Å². The number of aromatic nitrogens is 1. The van der Waals surface area contributed by atoms with Gasteiger partial charge in [0.2, 0.25) is 11.7 Å². The van der Waals surface area contributed by atoms with E-state index in [1.165, 1.54) is 18.3 Å². The van der Waals surface area contributed by atoms with E-state index in [9.17, 15) is 14.4 Å². The number of pyridine rings is 1.